The van der Waals surface area contributed by atoms with E-state index in [4.69, 9.17) is 4.74 Å². The Balaban J connectivity index is 2.44. The summed E-state index contributed by atoms with van der Waals surface area (Å²) >= 11 is 1.10. The van der Waals surface area contributed by atoms with Gasteiger partial charge in [-0.1, -0.05) is 0 Å². The lowest BCUT2D eigenvalue weighted by Crippen LogP contribution is -2.03. The molecule has 0 saturated carbocycles. The number of aromatic nitrogens is 1. The van der Waals surface area contributed by atoms with Crippen LogP contribution in [0.3, 0.4) is 0 Å². The topological polar surface area (TPSA) is 103 Å². The third kappa shape index (κ3) is 3.00. The summed E-state index contributed by atoms with van der Waals surface area (Å²) in [6, 6.07) is 3.96. The van der Waals surface area contributed by atoms with Gasteiger partial charge in [0.2, 0.25) is 0 Å². The lowest BCUT2D eigenvalue weighted by atomic mass is 10.2. The van der Waals surface area contributed by atoms with Crippen molar-refractivity contribution < 1.29 is 19.6 Å². The average Bonchev–Trinajstić information content (AvgIpc) is 2.81. The van der Waals surface area contributed by atoms with Crippen molar-refractivity contribution in [3.05, 3.63) is 38.9 Å². The lowest BCUT2D eigenvalue weighted by Gasteiger charge is -1.99. The number of phenolic OH excluding ortho intramolecular Hbond substituents is 1. The number of aromatic hydroxyl groups is 1. The predicted molar refractivity (Wildman–Crippen MR) is 76.6 cm³/mol. The largest absolute Gasteiger partial charge is 0.502 e. The first-order chi connectivity index (χ1) is 9.93. The molecule has 0 fully saturated rings. The monoisotopic (exact) mass is 308 g/mol. The second-order valence-electron chi connectivity index (χ2n) is 4.11. The molecule has 1 aromatic heterocycles. The van der Waals surface area contributed by atoms with Crippen LogP contribution < -0.4 is 0 Å². The number of rotatable bonds is 4. The molecule has 2 aromatic rings. The summed E-state index contributed by atoms with van der Waals surface area (Å²) in [5, 5.41) is 20.7. The van der Waals surface area contributed by atoms with Crippen molar-refractivity contribution in [3.8, 4) is 16.3 Å². The van der Waals surface area contributed by atoms with Crippen molar-refractivity contribution in [1.82, 2.24) is 4.98 Å². The highest BCUT2D eigenvalue weighted by molar-refractivity contribution is 7.17. The number of hydrogen-bond donors (Lipinski definition) is 1. The highest BCUT2D eigenvalue weighted by Gasteiger charge is 2.20. The van der Waals surface area contributed by atoms with Gasteiger partial charge in [-0.05, 0) is 26.0 Å². The van der Waals surface area contributed by atoms with Gasteiger partial charge in [0, 0.05) is 11.6 Å². The number of esters is 1. The summed E-state index contributed by atoms with van der Waals surface area (Å²) < 4.78 is 4.92. The Morgan fingerprint density at radius 2 is 2.24 bits per heavy atom. The number of carbonyl (C=O) groups excluding carboxylic acids is 1. The second-order valence-corrected chi connectivity index (χ2v) is 5.11. The number of ether oxygens (including phenoxy) is 1. The Morgan fingerprint density at radius 1 is 1.52 bits per heavy atom. The zero-order valence-electron chi connectivity index (χ0n) is 11.3. The molecule has 0 aliphatic carbocycles. The summed E-state index contributed by atoms with van der Waals surface area (Å²) in [4.78, 5) is 26.5. The Bertz CT molecular complexity index is 711. The van der Waals surface area contributed by atoms with Crippen molar-refractivity contribution in [3.63, 3.8) is 0 Å². The molecule has 0 aliphatic rings. The van der Waals surface area contributed by atoms with Crippen LogP contribution in [0.25, 0.3) is 10.6 Å². The van der Waals surface area contributed by atoms with Crippen LogP contribution >= 0.6 is 11.3 Å². The summed E-state index contributed by atoms with van der Waals surface area (Å²) in [6.45, 7) is 3.63. The van der Waals surface area contributed by atoms with Gasteiger partial charge in [0.15, 0.2) is 5.75 Å². The van der Waals surface area contributed by atoms with Crippen molar-refractivity contribution in [2.75, 3.05) is 6.61 Å². The fourth-order valence-electron chi connectivity index (χ4n) is 1.71. The maximum atomic E-state index is 11.7. The molecule has 0 unspecified atom stereocenters. The molecule has 1 aromatic carbocycles. The van der Waals surface area contributed by atoms with Gasteiger partial charge >= 0.3 is 11.7 Å². The van der Waals surface area contributed by atoms with E-state index in [0.717, 1.165) is 11.3 Å². The van der Waals surface area contributed by atoms with Crippen molar-refractivity contribution in [1.29, 1.82) is 0 Å². The molecule has 2 rings (SSSR count). The summed E-state index contributed by atoms with van der Waals surface area (Å²) in [7, 11) is 0. The van der Waals surface area contributed by atoms with Crippen LogP contribution in [0.2, 0.25) is 0 Å². The van der Waals surface area contributed by atoms with Crippen LogP contribution in [0.15, 0.2) is 18.2 Å². The number of nitrogens with zero attached hydrogens (tertiary/aromatic N) is 2. The first kappa shape index (κ1) is 14.9. The van der Waals surface area contributed by atoms with Gasteiger partial charge in [0.25, 0.3) is 0 Å². The van der Waals surface area contributed by atoms with Crippen LogP contribution in [-0.4, -0.2) is 27.6 Å². The second kappa shape index (κ2) is 5.88. The van der Waals surface area contributed by atoms with E-state index in [1.165, 1.54) is 18.2 Å². The molecule has 0 saturated heterocycles. The van der Waals surface area contributed by atoms with Gasteiger partial charge in [0.05, 0.1) is 17.2 Å². The maximum absolute atomic E-state index is 11.7. The predicted octanol–water partition coefficient (Wildman–Crippen LogP) is 2.91. The van der Waals surface area contributed by atoms with Crippen LogP contribution in [0.4, 0.5) is 5.69 Å². The first-order valence-electron chi connectivity index (χ1n) is 6.06. The Kier molecular flexibility index (Phi) is 4.18. The molecule has 110 valence electrons. The van der Waals surface area contributed by atoms with E-state index < -0.39 is 22.3 Å². The molecule has 0 spiro atoms. The van der Waals surface area contributed by atoms with E-state index in [0.29, 0.717) is 21.1 Å². The van der Waals surface area contributed by atoms with Gasteiger partial charge in [-0.2, -0.15) is 0 Å². The van der Waals surface area contributed by atoms with E-state index >= 15 is 0 Å². The van der Waals surface area contributed by atoms with Gasteiger partial charge < -0.3 is 9.84 Å². The molecule has 1 heterocycles. The quantitative estimate of drug-likeness (QED) is 0.529. The normalized spacial score (nSPS) is 10.4. The Labute approximate surface area is 124 Å². The van der Waals surface area contributed by atoms with Crippen LogP contribution in [0.1, 0.15) is 22.3 Å². The minimum absolute atomic E-state index is 0.260. The maximum Gasteiger partial charge on any atom is 0.350 e. The molecular weight excluding hydrogens is 296 g/mol. The van der Waals surface area contributed by atoms with E-state index in [1.54, 1.807) is 13.8 Å². The summed E-state index contributed by atoms with van der Waals surface area (Å²) in [6.07, 6.45) is 0. The average molecular weight is 308 g/mol. The lowest BCUT2D eigenvalue weighted by molar-refractivity contribution is -0.385. The first-order valence-corrected chi connectivity index (χ1v) is 6.88. The smallest absolute Gasteiger partial charge is 0.350 e. The van der Waals surface area contributed by atoms with Gasteiger partial charge in [-0.15, -0.1) is 11.3 Å². The highest BCUT2D eigenvalue weighted by atomic mass is 32.1. The fourth-order valence-corrected chi connectivity index (χ4v) is 2.66. The number of carbonyl (C=O) groups is 1. The zero-order valence-corrected chi connectivity index (χ0v) is 12.1. The van der Waals surface area contributed by atoms with Gasteiger partial charge in [-0.3, -0.25) is 10.1 Å². The molecule has 0 radical (unpaired) electrons. The minimum atomic E-state index is -0.675. The summed E-state index contributed by atoms with van der Waals surface area (Å²) in [5.41, 5.74) is 0.561. The molecule has 8 heteroatoms. The third-order valence-electron chi connectivity index (χ3n) is 2.68. The Hall–Kier alpha value is -2.48. The minimum Gasteiger partial charge on any atom is -0.502 e. The molecule has 1 N–H and O–H groups in total. The van der Waals surface area contributed by atoms with E-state index in [9.17, 15) is 20.0 Å². The number of nitro benzene ring substituents is 1. The SMILES string of the molecule is CCOC(=O)c1sc(-c2ccc(O)c([N+](=O)[O-])c2)nc1C. The standard InChI is InChI=1S/C13H12N2O5S/c1-3-20-13(17)11-7(2)14-12(21-11)8-4-5-10(16)9(6-8)15(18)19/h4-6,16H,3H2,1-2H3. The third-order valence-corrected chi connectivity index (χ3v) is 3.86. The van der Waals surface area contributed by atoms with Crippen LogP contribution in [0, 0.1) is 17.0 Å². The van der Waals surface area contributed by atoms with Crippen molar-refractivity contribution in [2.45, 2.75) is 13.8 Å². The Morgan fingerprint density at radius 3 is 2.86 bits per heavy atom. The van der Waals surface area contributed by atoms with Crippen molar-refractivity contribution in [2.24, 2.45) is 0 Å². The van der Waals surface area contributed by atoms with Crippen LogP contribution in [-0.2, 0) is 4.74 Å². The number of phenols is 1. The molecule has 7 nitrogen and oxygen atoms in total. The van der Waals surface area contributed by atoms with E-state index in [-0.39, 0.29) is 6.61 Å². The number of aryl methyl sites for hydroxylation is 1. The fraction of sp³-hybridized carbons (Fsp3) is 0.231. The molecule has 0 aliphatic heterocycles. The van der Waals surface area contributed by atoms with E-state index in [1.807, 2.05) is 0 Å². The molecule has 21 heavy (non-hydrogen) atoms. The molecule has 0 atom stereocenters. The highest BCUT2D eigenvalue weighted by Crippen LogP contribution is 2.34. The van der Waals surface area contributed by atoms with Gasteiger partial charge in [0.1, 0.15) is 9.88 Å². The molecular formula is C13H12N2O5S. The van der Waals surface area contributed by atoms with E-state index in [2.05, 4.69) is 4.98 Å². The van der Waals surface area contributed by atoms with Gasteiger partial charge in [-0.25, -0.2) is 9.78 Å². The van der Waals surface area contributed by atoms with Crippen LogP contribution in [0.5, 0.6) is 5.75 Å². The number of benzene rings is 1. The summed E-state index contributed by atoms with van der Waals surface area (Å²) in [5.74, 6) is -0.880. The zero-order chi connectivity index (χ0) is 15.6. The molecule has 0 amide bonds. The number of thiazole rings is 1. The number of hydrogen-bond acceptors (Lipinski definition) is 7. The molecule has 0 bridgehead atoms. The number of nitro groups is 1. The van der Waals surface area contributed by atoms with Crippen molar-refractivity contribution >= 4 is 23.0 Å².